The lowest BCUT2D eigenvalue weighted by Crippen LogP contribution is -2.29. The monoisotopic (exact) mass is 338 g/mol. The van der Waals surface area contributed by atoms with E-state index in [1.807, 2.05) is 0 Å². The van der Waals surface area contributed by atoms with Crippen molar-refractivity contribution in [1.29, 1.82) is 0 Å². The molecule has 1 aromatic rings. The van der Waals surface area contributed by atoms with Crippen LogP contribution in [0.4, 0.5) is 0 Å². The van der Waals surface area contributed by atoms with Crippen molar-refractivity contribution in [3.8, 4) is 5.75 Å². The zero-order valence-electron chi connectivity index (χ0n) is 11.2. The maximum Gasteiger partial charge on any atom is 0.338 e. The van der Waals surface area contributed by atoms with Crippen LogP contribution in [0, 0.1) is 5.92 Å². The van der Waals surface area contributed by atoms with Crippen LogP contribution in [-0.2, 0) is 19.6 Å². The van der Waals surface area contributed by atoms with E-state index in [0.29, 0.717) is 5.02 Å². The Balaban J connectivity index is 1.84. The average molecular weight is 339 g/mol. The second-order valence-electron chi connectivity index (χ2n) is 4.76. The number of fused-ring (bicyclic) bond motifs is 1. The second-order valence-corrected chi connectivity index (χ2v) is 6.74. The number of esters is 1. The molecule has 114 valence electrons. The number of allylic oxidation sites excluding steroid dienone is 1. The van der Waals surface area contributed by atoms with E-state index in [0.717, 1.165) is 0 Å². The maximum absolute atomic E-state index is 12.3. The maximum atomic E-state index is 12.3. The fourth-order valence-corrected chi connectivity index (χ4v) is 3.29. The number of hydrogen-bond donors (Lipinski definition) is 0. The van der Waals surface area contributed by atoms with E-state index in [1.165, 1.54) is 48.6 Å². The van der Waals surface area contributed by atoms with Gasteiger partial charge >= 0.3 is 16.1 Å². The van der Waals surface area contributed by atoms with Gasteiger partial charge in [-0.1, -0.05) is 23.8 Å². The summed E-state index contributed by atoms with van der Waals surface area (Å²) in [6.07, 6.45) is 6.81. The van der Waals surface area contributed by atoms with Crippen LogP contribution in [0.15, 0.2) is 59.6 Å². The molecule has 0 amide bonds. The van der Waals surface area contributed by atoms with Gasteiger partial charge in [0.2, 0.25) is 0 Å². The molecule has 1 aromatic carbocycles. The van der Waals surface area contributed by atoms with E-state index in [4.69, 9.17) is 20.5 Å². The van der Waals surface area contributed by atoms with Crippen LogP contribution in [-0.4, -0.2) is 20.5 Å². The molecule has 1 aliphatic heterocycles. The van der Waals surface area contributed by atoms with E-state index < -0.39 is 22.2 Å². The van der Waals surface area contributed by atoms with Crippen LogP contribution in [0.3, 0.4) is 0 Å². The molecule has 5 nitrogen and oxygen atoms in total. The Hall–Kier alpha value is -2.05. The average Bonchev–Trinajstić information content (AvgIpc) is 2.49. The fourth-order valence-electron chi connectivity index (χ4n) is 2.14. The summed E-state index contributed by atoms with van der Waals surface area (Å²) in [4.78, 5) is 11.2. The molecule has 0 saturated heterocycles. The van der Waals surface area contributed by atoms with Crippen molar-refractivity contribution in [2.24, 2.45) is 5.92 Å². The third-order valence-electron chi connectivity index (χ3n) is 3.20. The summed E-state index contributed by atoms with van der Waals surface area (Å²) in [7, 11) is -3.96. The topological polar surface area (TPSA) is 69.7 Å². The predicted octanol–water partition coefficient (Wildman–Crippen LogP) is 2.60. The van der Waals surface area contributed by atoms with Gasteiger partial charge in [-0.15, -0.1) is 0 Å². The summed E-state index contributed by atoms with van der Waals surface area (Å²) in [5.74, 6) is -0.587. The largest absolute Gasteiger partial charge is 0.454 e. The highest BCUT2D eigenvalue weighted by molar-refractivity contribution is 7.91. The van der Waals surface area contributed by atoms with Crippen molar-refractivity contribution in [1.82, 2.24) is 0 Å². The Morgan fingerprint density at radius 1 is 1.09 bits per heavy atom. The summed E-state index contributed by atoms with van der Waals surface area (Å²) in [5.41, 5.74) is 0. The molecule has 0 saturated carbocycles. The summed E-state index contributed by atoms with van der Waals surface area (Å²) < 4.78 is 34.7. The van der Waals surface area contributed by atoms with Crippen LogP contribution in [0.25, 0.3) is 0 Å². The molecule has 22 heavy (non-hydrogen) atoms. The van der Waals surface area contributed by atoms with Gasteiger partial charge in [-0.05, 0) is 36.4 Å². The van der Waals surface area contributed by atoms with Gasteiger partial charge in [-0.3, -0.25) is 0 Å². The predicted molar refractivity (Wildman–Crippen MR) is 80.7 cm³/mol. The fraction of sp³-hybridized carbons (Fsp3) is 0.133. The molecule has 0 radical (unpaired) electrons. The SMILES string of the molecule is O=C1C=CC2C=C(S(=O)(=O)Oc3ccc(Cl)cc3)C=CC2O1. The van der Waals surface area contributed by atoms with Crippen molar-refractivity contribution in [2.45, 2.75) is 6.10 Å². The zero-order valence-corrected chi connectivity index (χ0v) is 12.8. The zero-order chi connectivity index (χ0) is 15.7. The third-order valence-corrected chi connectivity index (χ3v) is 4.71. The third kappa shape index (κ3) is 3.08. The molecular weight excluding hydrogens is 328 g/mol. The normalized spacial score (nSPS) is 23.5. The van der Waals surface area contributed by atoms with Crippen LogP contribution in [0.2, 0.25) is 5.02 Å². The minimum absolute atomic E-state index is 0.0197. The van der Waals surface area contributed by atoms with E-state index in [-0.39, 0.29) is 16.6 Å². The molecule has 3 rings (SSSR count). The molecular formula is C15H11ClO5S. The Bertz CT molecular complexity index is 790. The van der Waals surface area contributed by atoms with Crippen molar-refractivity contribution in [3.05, 3.63) is 64.6 Å². The summed E-state index contributed by atoms with van der Waals surface area (Å²) in [5, 5.41) is 0.485. The van der Waals surface area contributed by atoms with Gasteiger partial charge in [0.1, 0.15) is 16.8 Å². The lowest BCUT2D eigenvalue weighted by atomic mass is 9.95. The summed E-state index contributed by atoms with van der Waals surface area (Å²) in [6.45, 7) is 0. The number of ether oxygens (including phenoxy) is 1. The first-order valence-electron chi connectivity index (χ1n) is 6.43. The van der Waals surface area contributed by atoms with Crippen molar-refractivity contribution in [2.75, 3.05) is 0 Å². The molecule has 2 unspecified atom stereocenters. The quantitative estimate of drug-likeness (QED) is 0.626. The van der Waals surface area contributed by atoms with Gasteiger partial charge in [-0.25, -0.2) is 4.79 Å². The van der Waals surface area contributed by atoms with E-state index in [2.05, 4.69) is 0 Å². The second kappa shape index (κ2) is 5.62. The number of carbonyl (C=O) groups excluding carboxylic acids is 1. The molecule has 7 heteroatoms. The first kappa shape index (κ1) is 14.9. The van der Waals surface area contributed by atoms with Crippen LogP contribution >= 0.6 is 11.6 Å². The van der Waals surface area contributed by atoms with Gasteiger partial charge in [0.15, 0.2) is 0 Å². The van der Waals surface area contributed by atoms with Crippen LogP contribution < -0.4 is 4.18 Å². The lowest BCUT2D eigenvalue weighted by molar-refractivity contribution is -0.143. The molecule has 0 fully saturated rings. The smallest absolute Gasteiger partial charge is 0.338 e. The molecule has 0 spiro atoms. The van der Waals surface area contributed by atoms with Crippen molar-refractivity contribution < 1.29 is 22.1 Å². The molecule has 1 aliphatic carbocycles. The first-order chi connectivity index (χ1) is 10.4. The lowest BCUT2D eigenvalue weighted by Gasteiger charge is -2.25. The van der Waals surface area contributed by atoms with Gasteiger partial charge in [0.05, 0.1) is 0 Å². The van der Waals surface area contributed by atoms with Gasteiger partial charge in [-0.2, -0.15) is 8.42 Å². The van der Waals surface area contributed by atoms with E-state index >= 15 is 0 Å². The molecule has 0 bridgehead atoms. The summed E-state index contributed by atoms with van der Waals surface area (Å²) in [6, 6.07) is 6.02. The minimum atomic E-state index is -3.96. The van der Waals surface area contributed by atoms with E-state index in [9.17, 15) is 13.2 Å². The Morgan fingerprint density at radius 2 is 1.82 bits per heavy atom. The minimum Gasteiger partial charge on any atom is -0.454 e. The number of hydrogen-bond acceptors (Lipinski definition) is 5. The van der Waals surface area contributed by atoms with Crippen molar-refractivity contribution >= 4 is 27.7 Å². The van der Waals surface area contributed by atoms with Gasteiger partial charge in [0, 0.05) is 17.0 Å². The standard InChI is InChI=1S/C15H11ClO5S/c16-11-2-4-12(5-3-11)21-22(18,19)13-6-7-14-10(9-13)1-8-15(17)20-14/h1-10,14H. The number of halogens is 1. The highest BCUT2D eigenvalue weighted by Gasteiger charge is 2.30. The molecule has 0 N–H and O–H groups in total. The molecule has 0 aromatic heterocycles. The first-order valence-corrected chi connectivity index (χ1v) is 8.21. The number of benzene rings is 1. The highest BCUT2D eigenvalue weighted by atomic mass is 35.5. The van der Waals surface area contributed by atoms with Crippen molar-refractivity contribution in [3.63, 3.8) is 0 Å². The highest BCUT2D eigenvalue weighted by Crippen LogP contribution is 2.28. The van der Waals surface area contributed by atoms with Gasteiger partial charge in [0.25, 0.3) is 0 Å². The van der Waals surface area contributed by atoms with E-state index in [1.54, 1.807) is 6.08 Å². The Labute approximate surface area is 132 Å². The Morgan fingerprint density at radius 3 is 2.55 bits per heavy atom. The van der Waals surface area contributed by atoms with Crippen LogP contribution in [0.1, 0.15) is 0 Å². The molecule has 2 atom stereocenters. The van der Waals surface area contributed by atoms with Crippen LogP contribution in [0.5, 0.6) is 5.75 Å². The molecule has 1 heterocycles. The Kier molecular flexibility index (Phi) is 3.80. The number of rotatable bonds is 3. The number of carbonyl (C=O) groups is 1. The summed E-state index contributed by atoms with van der Waals surface area (Å²) >= 11 is 5.74. The molecule has 2 aliphatic rings. The van der Waals surface area contributed by atoms with Gasteiger partial charge < -0.3 is 8.92 Å².